The van der Waals surface area contributed by atoms with Crippen LogP contribution in [-0.4, -0.2) is 16.3 Å². The van der Waals surface area contributed by atoms with Crippen molar-refractivity contribution < 1.29 is 0 Å². The van der Waals surface area contributed by atoms with Gasteiger partial charge < -0.3 is 11.1 Å². The zero-order valence-corrected chi connectivity index (χ0v) is 9.16. The minimum Gasteiger partial charge on any atom is -0.394 e. The lowest BCUT2D eigenvalue weighted by molar-refractivity contribution is 0.466. The highest BCUT2D eigenvalue weighted by molar-refractivity contribution is 5.60. The highest BCUT2D eigenvalue weighted by Crippen LogP contribution is 2.61. The van der Waals surface area contributed by atoms with E-state index in [-0.39, 0.29) is 0 Å². The Morgan fingerprint density at radius 3 is 2.80 bits per heavy atom. The monoisotopic (exact) mass is 206 g/mol. The molecule has 0 aromatic carbocycles. The number of nitrogens with one attached hydrogen (secondary N) is 1. The van der Waals surface area contributed by atoms with E-state index in [9.17, 15) is 0 Å². The summed E-state index contributed by atoms with van der Waals surface area (Å²) in [5.74, 6) is 1.83. The Morgan fingerprint density at radius 2 is 2.33 bits per heavy atom. The number of nitrogens with zero attached hydrogens (tertiary/aromatic N) is 2. The largest absolute Gasteiger partial charge is 0.394 e. The number of hydrogen-bond acceptors (Lipinski definition) is 3. The van der Waals surface area contributed by atoms with Gasteiger partial charge in [0.05, 0.1) is 5.69 Å². The molecule has 4 heteroatoms. The van der Waals surface area contributed by atoms with Gasteiger partial charge in [0.2, 0.25) is 0 Å². The van der Waals surface area contributed by atoms with Crippen molar-refractivity contribution in [3.63, 3.8) is 0 Å². The van der Waals surface area contributed by atoms with Crippen LogP contribution >= 0.6 is 0 Å². The van der Waals surface area contributed by atoms with Gasteiger partial charge in [0, 0.05) is 19.8 Å². The van der Waals surface area contributed by atoms with E-state index in [1.807, 2.05) is 13.2 Å². The molecule has 0 radical (unpaired) electrons. The van der Waals surface area contributed by atoms with Gasteiger partial charge in [-0.3, -0.25) is 4.68 Å². The van der Waals surface area contributed by atoms with E-state index in [1.165, 1.54) is 25.7 Å². The van der Waals surface area contributed by atoms with Crippen molar-refractivity contribution in [1.29, 1.82) is 0 Å². The Kier molecular flexibility index (Phi) is 1.75. The van der Waals surface area contributed by atoms with Gasteiger partial charge >= 0.3 is 0 Å². The molecule has 0 atom stereocenters. The van der Waals surface area contributed by atoms with Crippen molar-refractivity contribution in [2.75, 3.05) is 17.6 Å². The summed E-state index contributed by atoms with van der Waals surface area (Å²) in [4.78, 5) is 0. The molecular weight excluding hydrogens is 188 g/mol. The number of aryl methyl sites for hydroxylation is 1. The number of nitrogens with two attached hydrogens (primary N) is 1. The van der Waals surface area contributed by atoms with Gasteiger partial charge in [-0.2, -0.15) is 5.10 Å². The molecule has 3 N–H and O–H groups in total. The minimum absolute atomic E-state index is 0.601. The Labute approximate surface area is 89.8 Å². The molecule has 3 rings (SSSR count). The maximum atomic E-state index is 5.84. The summed E-state index contributed by atoms with van der Waals surface area (Å²) in [6.07, 6.45) is 7.48. The molecule has 2 aliphatic carbocycles. The summed E-state index contributed by atoms with van der Waals surface area (Å²) in [6.45, 7) is 1.05. The lowest BCUT2D eigenvalue weighted by Crippen LogP contribution is -2.18. The van der Waals surface area contributed by atoms with Crippen LogP contribution in [0.5, 0.6) is 0 Å². The summed E-state index contributed by atoms with van der Waals surface area (Å²) >= 11 is 0. The van der Waals surface area contributed by atoms with Crippen LogP contribution in [0.1, 0.15) is 25.7 Å². The van der Waals surface area contributed by atoms with E-state index >= 15 is 0 Å². The van der Waals surface area contributed by atoms with Gasteiger partial charge in [0.25, 0.3) is 0 Å². The molecule has 0 amide bonds. The van der Waals surface area contributed by atoms with Gasteiger partial charge in [-0.15, -0.1) is 0 Å². The highest BCUT2D eigenvalue weighted by Gasteiger charge is 2.53. The number of rotatable bonds is 4. The molecule has 2 aliphatic rings. The smallest absolute Gasteiger partial charge is 0.171 e. The molecule has 2 saturated carbocycles. The lowest BCUT2D eigenvalue weighted by atomic mass is 10.0. The van der Waals surface area contributed by atoms with Gasteiger partial charge in [-0.25, -0.2) is 0 Å². The first-order valence-corrected chi connectivity index (χ1v) is 5.73. The first kappa shape index (κ1) is 9.07. The molecule has 0 saturated heterocycles. The van der Waals surface area contributed by atoms with Gasteiger partial charge in [0.15, 0.2) is 5.82 Å². The molecular formula is C11H18N4. The summed E-state index contributed by atoms with van der Waals surface area (Å²) in [6, 6.07) is 0. The van der Waals surface area contributed by atoms with E-state index in [0.29, 0.717) is 5.41 Å². The Hall–Kier alpha value is -1.19. The predicted molar refractivity (Wildman–Crippen MR) is 60.5 cm³/mol. The van der Waals surface area contributed by atoms with Crippen molar-refractivity contribution in [2.24, 2.45) is 18.4 Å². The zero-order chi connectivity index (χ0) is 10.5. The zero-order valence-electron chi connectivity index (χ0n) is 9.16. The van der Waals surface area contributed by atoms with E-state index < -0.39 is 0 Å². The quantitative estimate of drug-likeness (QED) is 0.786. The number of anilines is 2. The SMILES string of the molecule is Cn1cc(N)c(NCC2(C3CC3)CC2)n1. The highest BCUT2D eigenvalue weighted by atomic mass is 15.3. The van der Waals surface area contributed by atoms with E-state index in [0.717, 1.165) is 24.0 Å². The molecule has 0 aliphatic heterocycles. The fourth-order valence-corrected chi connectivity index (χ4v) is 2.49. The second-order valence-electron chi connectivity index (χ2n) is 5.10. The number of nitrogen functional groups attached to an aromatic ring is 1. The third kappa shape index (κ3) is 1.58. The van der Waals surface area contributed by atoms with Crippen LogP contribution in [0.4, 0.5) is 11.5 Å². The summed E-state index contributed by atoms with van der Waals surface area (Å²) in [7, 11) is 1.90. The van der Waals surface area contributed by atoms with Gasteiger partial charge in [0.1, 0.15) is 0 Å². The lowest BCUT2D eigenvalue weighted by Gasteiger charge is -2.14. The standard InChI is InChI=1S/C11H18N4/c1-15-6-9(12)10(14-15)13-7-11(4-5-11)8-2-3-8/h6,8H,2-5,7,12H2,1H3,(H,13,14). The van der Waals surface area contributed by atoms with Crippen molar-refractivity contribution in [3.05, 3.63) is 6.20 Å². The molecule has 0 spiro atoms. The average Bonchev–Trinajstić information content (AvgIpc) is 3.04. The Bertz CT molecular complexity index is 374. The van der Waals surface area contributed by atoms with Crippen molar-refractivity contribution in [2.45, 2.75) is 25.7 Å². The molecule has 1 aromatic heterocycles. The molecule has 1 heterocycles. The summed E-state index contributed by atoms with van der Waals surface area (Å²) < 4.78 is 1.76. The molecule has 1 aromatic rings. The van der Waals surface area contributed by atoms with Gasteiger partial charge in [-0.1, -0.05) is 0 Å². The van der Waals surface area contributed by atoms with E-state index in [1.54, 1.807) is 4.68 Å². The van der Waals surface area contributed by atoms with E-state index in [4.69, 9.17) is 5.73 Å². The molecule has 2 fully saturated rings. The van der Waals surface area contributed by atoms with Crippen LogP contribution in [0.15, 0.2) is 6.20 Å². The van der Waals surface area contributed by atoms with Crippen LogP contribution in [0, 0.1) is 11.3 Å². The number of hydrogen-bond donors (Lipinski definition) is 2. The molecule has 0 bridgehead atoms. The third-order valence-corrected chi connectivity index (χ3v) is 3.80. The van der Waals surface area contributed by atoms with Crippen molar-refractivity contribution in [3.8, 4) is 0 Å². The number of aromatic nitrogens is 2. The van der Waals surface area contributed by atoms with Crippen LogP contribution < -0.4 is 11.1 Å². The maximum Gasteiger partial charge on any atom is 0.171 e. The normalized spacial score (nSPS) is 22.7. The first-order chi connectivity index (χ1) is 7.20. The third-order valence-electron chi connectivity index (χ3n) is 3.80. The molecule has 82 valence electrons. The second kappa shape index (κ2) is 2.90. The fourth-order valence-electron chi connectivity index (χ4n) is 2.49. The second-order valence-corrected chi connectivity index (χ2v) is 5.10. The molecule has 4 nitrogen and oxygen atoms in total. The summed E-state index contributed by atoms with van der Waals surface area (Å²) in [5, 5.41) is 7.70. The fraction of sp³-hybridized carbons (Fsp3) is 0.727. The van der Waals surface area contributed by atoms with Gasteiger partial charge in [-0.05, 0) is 37.0 Å². The molecule has 15 heavy (non-hydrogen) atoms. The first-order valence-electron chi connectivity index (χ1n) is 5.73. The van der Waals surface area contributed by atoms with Crippen LogP contribution in [0.3, 0.4) is 0 Å². The van der Waals surface area contributed by atoms with Crippen molar-refractivity contribution >= 4 is 11.5 Å². The minimum atomic E-state index is 0.601. The van der Waals surface area contributed by atoms with Crippen LogP contribution in [0.2, 0.25) is 0 Å². The predicted octanol–water partition coefficient (Wildman–Crippen LogP) is 1.60. The maximum absolute atomic E-state index is 5.84. The molecule has 0 unspecified atom stereocenters. The Morgan fingerprint density at radius 1 is 1.60 bits per heavy atom. The van der Waals surface area contributed by atoms with Crippen LogP contribution in [-0.2, 0) is 7.05 Å². The van der Waals surface area contributed by atoms with Crippen molar-refractivity contribution in [1.82, 2.24) is 9.78 Å². The Balaban J connectivity index is 1.64. The van der Waals surface area contributed by atoms with Crippen LogP contribution in [0.25, 0.3) is 0 Å². The summed E-state index contributed by atoms with van der Waals surface area (Å²) in [5.41, 5.74) is 7.19. The average molecular weight is 206 g/mol. The topological polar surface area (TPSA) is 55.9 Å². The van der Waals surface area contributed by atoms with E-state index in [2.05, 4.69) is 10.4 Å².